The normalized spacial score (nSPS) is 21.8. The van der Waals surface area contributed by atoms with E-state index < -0.39 is 0 Å². The molecule has 4 rings (SSSR count). The molecule has 0 saturated carbocycles. The van der Waals surface area contributed by atoms with Gasteiger partial charge >= 0.3 is 0 Å². The van der Waals surface area contributed by atoms with Crippen molar-refractivity contribution in [3.05, 3.63) is 29.3 Å². The van der Waals surface area contributed by atoms with Gasteiger partial charge in [-0.1, -0.05) is 12.1 Å². The van der Waals surface area contributed by atoms with Crippen molar-refractivity contribution < 1.29 is 4.52 Å². The molecule has 24 heavy (non-hydrogen) atoms. The second kappa shape index (κ2) is 6.47. The number of aryl methyl sites for hydroxylation is 1. The average Bonchev–Trinajstić information content (AvgIpc) is 3.07. The van der Waals surface area contributed by atoms with Gasteiger partial charge in [0, 0.05) is 38.2 Å². The van der Waals surface area contributed by atoms with Crippen LogP contribution < -0.4 is 4.90 Å². The fourth-order valence-corrected chi connectivity index (χ4v) is 3.77. The Morgan fingerprint density at radius 2 is 2.21 bits per heavy atom. The van der Waals surface area contributed by atoms with Crippen molar-refractivity contribution in [1.82, 2.24) is 25.0 Å². The fraction of sp³-hybridized carbons (Fsp3) is 0.647. The first kappa shape index (κ1) is 15.5. The molecule has 7 heteroatoms. The molecule has 0 aliphatic carbocycles. The Morgan fingerprint density at radius 3 is 3.00 bits per heavy atom. The van der Waals surface area contributed by atoms with Gasteiger partial charge in [-0.2, -0.15) is 4.98 Å². The lowest BCUT2D eigenvalue weighted by Gasteiger charge is -2.35. The third-order valence-electron chi connectivity index (χ3n) is 5.12. The first-order chi connectivity index (χ1) is 11.7. The number of hydrogen-bond donors (Lipinski definition) is 0. The van der Waals surface area contributed by atoms with Gasteiger partial charge in [0.15, 0.2) is 5.82 Å². The van der Waals surface area contributed by atoms with Gasteiger partial charge in [-0.05, 0) is 26.3 Å². The maximum absolute atomic E-state index is 5.41. The molecule has 0 spiro atoms. The summed E-state index contributed by atoms with van der Waals surface area (Å²) in [7, 11) is 0. The Kier molecular flexibility index (Phi) is 4.18. The quantitative estimate of drug-likeness (QED) is 0.852. The highest BCUT2D eigenvalue weighted by Crippen LogP contribution is 2.32. The third-order valence-corrected chi connectivity index (χ3v) is 5.12. The smallest absolute Gasteiger partial charge is 0.231 e. The van der Waals surface area contributed by atoms with Crippen LogP contribution >= 0.6 is 0 Å². The summed E-state index contributed by atoms with van der Waals surface area (Å²) >= 11 is 0. The minimum atomic E-state index is 0.288. The Hall–Kier alpha value is -2.02. The van der Waals surface area contributed by atoms with Crippen LogP contribution in [-0.2, 0) is 13.0 Å². The predicted octanol–water partition coefficient (Wildman–Crippen LogP) is 1.93. The molecule has 1 atom stereocenters. The van der Waals surface area contributed by atoms with Gasteiger partial charge in [-0.3, -0.25) is 4.90 Å². The van der Waals surface area contributed by atoms with Gasteiger partial charge in [0.1, 0.15) is 12.1 Å². The minimum absolute atomic E-state index is 0.288. The number of nitrogens with zero attached hydrogens (tertiary/aromatic N) is 6. The zero-order chi connectivity index (χ0) is 16.5. The Bertz CT molecular complexity index is 715. The van der Waals surface area contributed by atoms with Crippen LogP contribution in [0.25, 0.3) is 0 Å². The number of likely N-dealkylation sites (N-methyl/N-ethyl adjacent to an activating group) is 1. The molecule has 2 aliphatic heterocycles. The maximum atomic E-state index is 5.41. The zero-order valence-corrected chi connectivity index (χ0v) is 14.4. The summed E-state index contributed by atoms with van der Waals surface area (Å²) in [5.41, 5.74) is 2.51. The van der Waals surface area contributed by atoms with Gasteiger partial charge in [-0.15, -0.1) is 0 Å². The van der Waals surface area contributed by atoms with Crippen molar-refractivity contribution in [2.75, 3.05) is 31.1 Å². The highest BCUT2D eigenvalue weighted by atomic mass is 16.5. The second-order valence-electron chi connectivity index (χ2n) is 6.71. The maximum Gasteiger partial charge on any atom is 0.231 e. The molecule has 0 radical (unpaired) electrons. The Balaban J connectivity index is 1.59. The highest BCUT2D eigenvalue weighted by molar-refractivity contribution is 5.50. The summed E-state index contributed by atoms with van der Waals surface area (Å²) in [5.74, 6) is 2.85. The largest absolute Gasteiger partial charge is 0.355 e. The van der Waals surface area contributed by atoms with Crippen LogP contribution in [-0.4, -0.2) is 51.2 Å². The minimum Gasteiger partial charge on any atom is -0.355 e. The summed E-state index contributed by atoms with van der Waals surface area (Å²) in [4.78, 5) is 18.4. The van der Waals surface area contributed by atoms with E-state index in [0.717, 1.165) is 63.7 Å². The van der Waals surface area contributed by atoms with Crippen LogP contribution in [0.15, 0.2) is 10.9 Å². The number of fused-ring (bicyclic) bond motifs is 1. The average molecular weight is 328 g/mol. The number of rotatable bonds is 3. The van der Waals surface area contributed by atoms with Crippen molar-refractivity contribution in [2.45, 2.75) is 45.6 Å². The zero-order valence-electron chi connectivity index (χ0n) is 14.4. The van der Waals surface area contributed by atoms with E-state index in [2.05, 4.69) is 36.8 Å². The summed E-state index contributed by atoms with van der Waals surface area (Å²) in [6.07, 6.45) is 4.93. The number of aromatic nitrogens is 4. The van der Waals surface area contributed by atoms with Crippen molar-refractivity contribution in [3.63, 3.8) is 0 Å². The molecule has 2 aliphatic rings. The van der Waals surface area contributed by atoms with E-state index in [-0.39, 0.29) is 5.92 Å². The molecule has 2 aromatic heterocycles. The molecule has 7 nitrogen and oxygen atoms in total. The van der Waals surface area contributed by atoms with E-state index in [9.17, 15) is 0 Å². The Labute approximate surface area is 142 Å². The van der Waals surface area contributed by atoms with Crippen LogP contribution in [0.4, 0.5) is 5.82 Å². The number of hydrogen-bond acceptors (Lipinski definition) is 7. The standard InChI is InChI=1S/C17H24N6O/c1-3-22-8-6-15-14(10-22)16(19-11-18-15)23-7-4-5-13(9-23)17-20-12(2)21-24-17/h11,13H,3-10H2,1-2H3. The molecule has 2 aromatic rings. The van der Waals surface area contributed by atoms with Crippen LogP contribution in [0.3, 0.4) is 0 Å². The van der Waals surface area contributed by atoms with E-state index in [1.807, 2.05) is 6.92 Å². The lowest BCUT2D eigenvalue weighted by Crippen LogP contribution is -2.38. The topological polar surface area (TPSA) is 71.2 Å². The van der Waals surface area contributed by atoms with Crippen molar-refractivity contribution in [1.29, 1.82) is 0 Å². The van der Waals surface area contributed by atoms with Crippen LogP contribution in [0.2, 0.25) is 0 Å². The predicted molar refractivity (Wildman–Crippen MR) is 89.9 cm³/mol. The van der Waals surface area contributed by atoms with Crippen LogP contribution in [0.5, 0.6) is 0 Å². The second-order valence-corrected chi connectivity index (χ2v) is 6.71. The molecule has 4 heterocycles. The summed E-state index contributed by atoms with van der Waals surface area (Å²) in [5, 5.41) is 3.94. The molecular formula is C17H24N6O. The molecular weight excluding hydrogens is 304 g/mol. The lowest BCUT2D eigenvalue weighted by atomic mass is 9.97. The molecule has 128 valence electrons. The number of anilines is 1. The van der Waals surface area contributed by atoms with Gasteiger partial charge < -0.3 is 9.42 Å². The van der Waals surface area contributed by atoms with E-state index in [1.165, 1.54) is 11.3 Å². The van der Waals surface area contributed by atoms with Gasteiger partial charge in [0.2, 0.25) is 5.89 Å². The fourth-order valence-electron chi connectivity index (χ4n) is 3.77. The van der Waals surface area contributed by atoms with Crippen LogP contribution in [0.1, 0.15) is 48.7 Å². The van der Waals surface area contributed by atoms with Crippen LogP contribution in [0, 0.1) is 6.92 Å². The van der Waals surface area contributed by atoms with Crippen molar-refractivity contribution in [3.8, 4) is 0 Å². The van der Waals surface area contributed by atoms with E-state index >= 15 is 0 Å². The monoisotopic (exact) mass is 328 g/mol. The van der Waals surface area contributed by atoms with E-state index in [4.69, 9.17) is 4.52 Å². The number of piperidine rings is 1. The molecule has 0 N–H and O–H groups in total. The SMILES string of the molecule is CCN1CCc2ncnc(N3CCCC(c4nc(C)no4)C3)c2C1. The molecule has 0 amide bonds. The van der Waals surface area contributed by atoms with Gasteiger partial charge in [0.05, 0.1) is 11.6 Å². The highest BCUT2D eigenvalue weighted by Gasteiger charge is 2.29. The molecule has 0 aromatic carbocycles. The lowest BCUT2D eigenvalue weighted by molar-refractivity contribution is 0.265. The van der Waals surface area contributed by atoms with Crippen molar-refractivity contribution in [2.24, 2.45) is 0 Å². The molecule has 0 bridgehead atoms. The summed E-state index contributed by atoms with van der Waals surface area (Å²) in [6, 6.07) is 0. The van der Waals surface area contributed by atoms with Crippen molar-refractivity contribution >= 4 is 5.82 Å². The van der Waals surface area contributed by atoms with E-state index in [1.54, 1.807) is 6.33 Å². The summed E-state index contributed by atoms with van der Waals surface area (Å²) in [6.45, 7) is 9.10. The summed E-state index contributed by atoms with van der Waals surface area (Å²) < 4.78 is 5.41. The molecule has 1 saturated heterocycles. The Morgan fingerprint density at radius 1 is 1.29 bits per heavy atom. The van der Waals surface area contributed by atoms with E-state index in [0.29, 0.717) is 5.82 Å². The third kappa shape index (κ3) is 2.88. The molecule has 1 fully saturated rings. The molecule has 1 unspecified atom stereocenters. The van der Waals surface area contributed by atoms with Gasteiger partial charge in [-0.25, -0.2) is 9.97 Å². The first-order valence-electron chi connectivity index (χ1n) is 8.85. The van der Waals surface area contributed by atoms with Gasteiger partial charge in [0.25, 0.3) is 0 Å². The first-order valence-corrected chi connectivity index (χ1v) is 8.85.